The quantitative estimate of drug-likeness (QED) is 0.211. The van der Waals surface area contributed by atoms with E-state index in [9.17, 15) is 25.9 Å². The van der Waals surface area contributed by atoms with Crippen molar-refractivity contribution in [3.05, 3.63) is 94.6 Å². The zero-order chi connectivity index (χ0) is 28.8. The van der Waals surface area contributed by atoms with Gasteiger partial charge in [0.05, 0.1) is 27.5 Å². The Bertz CT molecular complexity index is 1910. The highest BCUT2D eigenvalue weighted by Crippen LogP contribution is 2.45. The Morgan fingerprint density at radius 3 is 2.23 bits per heavy atom. The lowest BCUT2D eigenvalue weighted by Gasteiger charge is -2.21. The SMILES string of the molecule is CN1C(=CC=Cc2oc3ccc(-c4ccccc4)cc3[n+]2CS(=O)(=O)O)N(CS(=O)(=O)O)c2cc(Cl)c(Cl)cc21. The van der Waals surface area contributed by atoms with Gasteiger partial charge < -0.3 is 14.2 Å². The van der Waals surface area contributed by atoms with E-state index in [0.29, 0.717) is 28.3 Å². The number of aromatic nitrogens is 1. The molecule has 0 radical (unpaired) electrons. The van der Waals surface area contributed by atoms with E-state index in [1.54, 1.807) is 36.2 Å². The zero-order valence-corrected chi connectivity index (χ0v) is 23.9. The van der Waals surface area contributed by atoms with Crippen LogP contribution in [0.15, 0.2) is 83.1 Å². The summed E-state index contributed by atoms with van der Waals surface area (Å²) in [5.74, 6) is -1.05. The molecule has 0 bridgehead atoms. The van der Waals surface area contributed by atoms with Crippen molar-refractivity contribution < 1.29 is 34.9 Å². The molecule has 2 heterocycles. The third-order valence-electron chi connectivity index (χ3n) is 6.20. The highest BCUT2D eigenvalue weighted by Gasteiger charge is 2.32. The molecule has 208 valence electrons. The second-order valence-electron chi connectivity index (χ2n) is 8.96. The molecule has 0 fully saturated rings. The maximum absolute atomic E-state index is 11.9. The fraction of sp³-hybridized carbons (Fsp3) is 0.115. The number of anilines is 2. The number of allylic oxidation sites excluding steroid dienone is 2. The van der Waals surface area contributed by atoms with E-state index in [1.807, 2.05) is 36.4 Å². The number of nitrogens with zero attached hydrogens (tertiary/aromatic N) is 3. The molecule has 1 aromatic heterocycles. The van der Waals surface area contributed by atoms with Gasteiger partial charge in [0.15, 0.2) is 5.88 Å². The van der Waals surface area contributed by atoms with Crippen LogP contribution in [-0.2, 0) is 26.1 Å². The minimum absolute atomic E-state index is 0.111. The molecule has 1 aliphatic heterocycles. The predicted molar refractivity (Wildman–Crippen MR) is 154 cm³/mol. The lowest BCUT2D eigenvalue weighted by Crippen LogP contribution is -2.39. The molecule has 0 saturated heterocycles. The predicted octanol–water partition coefficient (Wildman–Crippen LogP) is 5.20. The molecule has 0 atom stereocenters. The maximum atomic E-state index is 11.9. The molecule has 0 amide bonds. The molecule has 2 N–H and O–H groups in total. The number of fused-ring (bicyclic) bond motifs is 2. The molecule has 5 rings (SSSR count). The van der Waals surface area contributed by atoms with Crippen molar-refractivity contribution in [2.75, 3.05) is 22.7 Å². The number of rotatable bonds is 7. The molecule has 3 aromatic carbocycles. The van der Waals surface area contributed by atoms with Crippen molar-refractivity contribution in [2.45, 2.75) is 5.88 Å². The first-order valence-corrected chi connectivity index (χ1v) is 15.6. The molecule has 14 heteroatoms. The summed E-state index contributed by atoms with van der Waals surface area (Å²) in [6, 6.07) is 17.8. The molecule has 4 aromatic rings. The van der Waals surface area contributed by atoms with Crippen LogP contribution in [-0.4, -0.2) is 38.9 Å². The van der Waals surface area contributed by atoms with Gasteiger partial charge in [-0.2, -0.15) is 16.8 Å². The van der Waals surface area contributed by atoms with Crippen molar-refractivity contribution >= 4 is 72.0 Å². The van der Waals surface area contributed by atoms with Crippen LogP contribution in [0.4, 0.5) is 11.4 Å². The second kappa shape index (κ2) is 10.5. The van der Waals surface area contributed by atoms with Crippen LogP contribution >= 0.6 is 23.2 Å². The Morgan fingerprint density at radius 2 is 1.57 bits per heavy atom. The van der Waals surface area contributed by atoms with Crippen molar-refractivity contribution in [1.29, 1.82) is 0 Å². The number of oxazole rings is 1. The Kier molecular flexibility index (Phi) is 7.42. The fourth-order valence-electron chi connectivity index (χ4n) is 4.49. The number of benzene rings is 3. The van der Waals surface area contributed by atoms with Crippen molar-refractivity contribution in [3.8, 4) is 11.1 Å². The van der Waals surface area contributed by atoms with Gasteiger partial charge in [0.2, 0.25) is 5.58 Å². The van der Waals surface area contributed by atoms with E-state index in [0.717, 1.165) is 11.1 Å². The topological polar surface area (TPSA) is 132 Å². The first-order chi connectivity index (χ1) is 18.8. The molecule has 40 heavy (non-hydrogen) atoms. The highest BCUT2D eigenvalue weighted by atomic mass is 35.5. The highest BCUT2D eigenvalue weighted by molar-refractivity contribution is 7.85. The van der Waals surface area contributed by atoms with Gasteiger partial charge in [-0.3, -0.25) is 9.11 Å². The fourth-order valence-corrected chi connectivity index (χ4v) is 5.99. The largest absolute Gasteiger partial charge is 0.398 e. The average molecular weight is 624 g/mol. The smallest absolute Gasteiger partial charge is 0.375 e. The molecule has 0 aliphatic carbocycles. The normalized spacial score (nSPS) is 15.1. The molecule has 0 saturated carbocycles. The summed E-state index contributed by atoms with van der Waals surface area (Å²) in [7, 11) is -7.20. The van der Waals surface area contributed by atoms with Crippen LogP contribution in [0, 0.1) is 0 Å². The van der Waals surface area contributed by atoms with E-state index in [1.165, 1.54) is 27.7 Å². The van der Waals surface area contributed by atoms with Gasteiger partial charge in [-0.1, -0.05) is 59.6 Å². The van der Waals surface area contributed by atoms with Gasteiger partial charge in [0.1, 0.15) is 5.82 Å². The molecule has 10 nitrogen and oxygen atoms in total. The van der Waals surface area contributed by atoms with Crippen LogP contribution in [0.1, 0.15) is 5.89 Å². The van der Waals surface area contributed by atoms with E-state index >= 15 is 0 Å². The van der Waals surface area contributed by atoms with Crippen LogP contribution in [0.25, 0.3) is 28.3 Å². The molecule has 0 spiro atoms. The van der Waals surface area contributed by atoms with Gasteiger partial charge in [0.25, 0.3) is 21.5 Å². The van der Waals surface area contributed by atoms with Crippen LogP contribution < -0.4 is 14.4 Å². The third kappa shape index (κ3) is 5.87. The van der Waals surface area contributed by atoms with Gasteiger partial charge >= 0.3 is 16.0 Å². The summed E-state index contributed by atoms with van der Waals surface area (Å²) < 4.78 is 73.8. The van der Waals surface area contributed by atoms with Gasteiger partial charge in [-0.05, 0) is 41.5 Å². The zero-order valence-electron chi connectivity index (χ0n) is 20.8. The minimum atomic E-state index is -4.44. The molecule has 0 unspecified atom stereocenters. The third-order valence-corrected chi connectivity index (χ3v) is 8.09. The molecular weight excluding hydrogens is 601 g/mol. The summed E-state index contributed by atoms with van der Waals surface area (Å²) >= 11 is 12.3. The summed E-state index contributed by atoms with van der Waals surface area (Å²) in [6.07, 6.45) is 4.55. The number of hydrogen-bond donors (Lipinski definition) is 2. The monoisotopic (exact) mass is 622 g/mol. The number of hydrogen-bond acceptors (Lipinski definition) is 7. The van der Waals surface area contributed by atoms with Crippen LogP contribution in [0.2, 0.25) is 10.0 Å². The first-order valence-electron chi connectivity index (χ1n) is 11.6. The Labute approximate surface area is 240 Å². The molecular formula is C26H22Cl2N3O7S2+. The summed E-state index contributed by atoms with van der Waals surface area (Å²) in [5, 5.41) is 0.466. The van der Waals surface area contributed by atoms with Crippen molar-refractivity contribution in [3.63, 3.8) is 0 Å². The number of halogens is 2. The van der Waals surface area contributed by atoms with Gasteiger partial charge in [0, 0.05) is 13.1 Å². The van der Waals surface area contributed by atoms with Gasteiger partial charge in [-0.15, -0.1) is 4.57 Å². The summed E-state index contributed by atoms with van der Waals surface area (Å²) in [5.41, 5.74) is 3.52. The van der Waals surface area contributed by atoms with E-state index < -0.39 is 32.0 Å². The Morgan fingerprint density at radius 1 is 0.900 bits per heavy atom. The lowest BCUT2D eigenvalue weighted by atomic mass is 10.1. The van der Waals surface area contributed by atoms with Crippen molar-refractivity contribution in [2.24, 2.45) is 0 Å². The van der Waals surface area contributed by atoms with Gasteiger partial charge in [-0.25, -0.2) is 0 Å². The Balaban J connectivity index is 1.58. The summed E-state index contributed by atoms with van der Waals surface area (Å²) in [4.78, 5) is 3.00. The van der Waals surface area contributed by atoms with Crippen molar-refractivity contribution in [1.82, 2.24) is 0 Å². The van der Waals surface area contributed by atoms with E-state index in [2.05, 4.69) is 0 Å². The van der Waals surface area contributed by atoms with E-state index in [-0.39, 0.29) is 15.9 Å². The Hall–Kier alpha value is -3.39. The maximum Gasteiger partial charge on any atom is 0.375 e. The van der Waals surface area contributed by atoms with Crippen LogP contribution in [0.5, 0.6) is 0 Å². The van der Waals surface area contributed by atoms with Crippen LogP contribution in [0.3, 0.4) is 0 Å². The average Bonchev–Trinajstić information content (AvgIpc) is 3.32. The standard InChI is InChI=1S/C26H21Cl2N3O7S2/c1-29-21-13-19(27)20(28)14-22(21)30(15-39(32,33)34)25(29)8-5-9-26-31(16-40(35,36)37)23-12-18(10-11-24(23)38-26)17-6-3-2-4-7-17/h2-14H,15-16H2,1H3,(H-,32,33,34,35,36,37)/p+1. The lowest BCUT2D eigenvalue weighted by molar-refractivity contribution is -0.658. The first kappa shape index (κ1) is 28.1. The summed E-state index contributed by atoms with van der Waals surface area (Å²) in [6.45, 7) is 0. The minimum Gasteiger partial charge on any atom is -0.398 e. The molecule has 1 aliphatic rings. The second-order valence-corrected chi connectivity index (χ2v) is 12.6. The van der Waals surface area contributed by atoms with E-state index in [4.69, 9.17) is 27.6 Å².